The number of benzene rings is 1. The molecule has 0 spiro atoms. The highest BCUT2D eigenvalue weighted by molar-refractivity contribution is 6.34. The third-order valence-corrected chi connectivity index (χ3v) is 4.63. The van der Waals surface area contributed by atoms with Gasteiger partial charge in [-0.15, -0.1) is 0 Å². The Morgan fingerprint density at radius 2 is 1.84 bits per heavy atom. The van der Waals surface area contributed by atoms with E-state index in [1.54, 1.807) is 12.1 Å². The van der Waals surface area contributed by atoms with Gasteiger partial charge in [-0.1, -0.05) is 30.9 Å². The summed E-state index contributed by atoms with van der Waals surface area (Å²) in [7, 11) is 0. The molecule has 3 amide bonds. The first-order chi connectivity index (χ1) is 12.1. The summed E-state index contributed by atoms with van der Waals surface area (Å²) in [4.78, 5) is 23.9. The molecule has 0 saturated heterocycles. The Labute approximate surface area is 151 Å². The van der Waals surface area contributed by atoms with Crippen LogP contribution >= 0.6 is 11.6 Å². The van der Waals surface area contributed by atoms with Crippen LogP contribution in [0.3, 0.4) is 0 Å². The number of hydrogen-bond donors (Lipinski definition) is 3. The molecule has 1 saturated carbocycles. The second-order valence-corrected chi connectivity index (χ2v) is 6.63. The molecule has 0 unspecified atom stereocenters. The second-order valence-electron chi connectivity index (χ2n) is 6.22. The average molecular weight is 368 g/mol. The molecule has 0 radical (unpaired) electrons. The summed E-state index contributed by atoms with van der Waals surface area (Å²) < 4.78 is 10.5. The van der Waals surface area contributed by atoms with E-state index in [-0.39, 0.29) is 37.7 Å². The summed E-state index contributed by atoms with van der Waals surface area (Å²) in [5.41, 5.74) is 0.461. The van der Waals surface area contributed by atoms with Crippen molar-refractivity contribution in [2.75, 3.05) is 18.7 Å². The maximum atomic E-state index is 12.0. The number of urea groups is 1. The standard InChI is InChI=1S/C17H22ClN3O4/c18-12-8-14-15(25-10-24-14)9-13(12)21-16(22)6-7-19-17(23)20-11-4-2-1-3-5-11/h8-9,11H,1-7,10H2,(H,21,22)(H2,19,20,23). The van der Waals surface area contributed by atoms with E-state index in [1.807, 2.05) is 0 Å². The minimum Gasteiger partial charge on any atom is -0.454 e. The number of nitrogens with one attached hydrogen (secondary N) is 3. The monoisotopic (exact) mass is 367 g/mol. The summed E-state index contributed by atoms with van der Waals surface area (Å²) in [6.07, 6.45) is 5.76. The van der Waals surface area contributed by atoms with Gasteiger partial charge in [0.15, 0.2) is 11.5 Å². The number of halogens is 1. The van der Waals surface area contributed by atoms with Crippen LogP contribution in [-0.2, 0) is 4.79 Å². The lowest BCUT2D eigenvalue weighted by Crippen LogP contribution is -2.43. The minimum absolute atomic E-state index is 0.142. The summed E-state index contributed by atoms with van der Waals surface area (Å²) >= 11 is 6.11. The molecule has 3 N–H and O–H groups in total. The predicted molar refractivity (Wildman–Crippen MR) is 94.2 cm³/mol. The molecule has 2 aliphatic rings. The first-order valence-electron chi connectivity index (χ1n) is 8.55. The van der Waals surface area contributed by atoms with E-state index in [2.05, 4.69) is 16.0 Å². The first-order valence-corrected chi connectivity index (χ1v) is 8.93. The van der Waals surface area contributed by atoms with Gasteiger partial charge in [0.1, 0.15) is 0 Å². The van der Waals surface area contributed by atoms with Crippen LogP contribution in [0.2, 0.25) is 5.02 Å². The smallest absolute Gasteiger partial charge is 0.315 e. The van der Waals surface area contributed by atoms with Crippen molar-refractivity contribution in [1.29, 1.82) is 0 Å². The van der Waals surface area contributed by atoms with Gasteiger partial charge >= 0.3 is 6.03 Å². The highest BCUT2D eigenvalue weighted by Crippen LogP contribution is 2.39. The zero-order chi connectivity index (χ0) is 17.6. The second kappa shape index (κ2) is 8.29. The van der Waals surface area contributed by atoms with Crippen LogP contribution in [0.15, 0.2) is 12.1 Å². The lowest BCUT2D eigenvalue weighted by atomic mass is 9.96. The van der Waals surface area contributed by atoms with E-state index in [0.717, 1.165) is 25.7 Å². The van der Waals surface area contributed by atoms with Crippen LogP contribution in [0.25, 0.3) is 0 Å². The van der Waals surface area contributed by atoms with E-state index in [9.17, 15) is 9.59 Å². The molecule has 7 nitrogen and oxygen atoms in total. The quantitative estimate of drug-likeness (QED) is 0.746. The number of amides is 3. The Kier molecular flexibility index (Phi) is 5.86. The van der Waals surface area contributed by atoms with E-state index >= 15 is 0 Å². The molecule has 1 fully saturated rings. The van der Waals surface area contributed by atoms with Crippen LogP contribution in [-0.4, -0.2) is 31.3 Å². The first kappa shape index (κ1) is 17.7. The molecule has 1 aliphatic heterocycles. The Morgan fingerprint density at radius 3 is 2.60 bits per heavy atom. The van der Waals surface area contributed by atoms with Crippen LogP contribution in [0, 0.1) is 0 Å². The van der Waals surface area contributed by atoms with Gasteiger partial charge in [-0.2, -0.15) is 0 Å². The number of carbonyl (C=O) groups excluding carboxylic acids is 2. The fourth-order valence-electron chi connectivity index (χ4n) is 3.00. The van der Waals surface area contributed by atoms with Crippen molar-refractivity contribution < 1.29 is 19.1 Å². The molecule has 1 aromatic carbocycles. The molecule has 25 heavy (non-hydrogen) atoms. The highest BCUT2D eigenvalue weighted by atomic mass is 35.5. The van der Waals surface area contributed by atoms with Gasteiger partial charge in [0.25, 0.3) is 0 Å². The van der Waals surface area contributed by atoms with Crippen molar-refractivity contribution in [1.82, 2.24) is 10.6 Å². The summed E-state index contributed by atoms with van der Waals surface area (Å²) in [5, 5.41) is 8.75. The Bertz CT molecular complexity index is 647. The third kappa shape index (κ3) is 4.92. The van der Waals surface area contributed by atoms with E-state index in [4.69, 9.17) is 21.1 Å². The van der Waals surface area contributed by atoms with Crippen molar-refractivity contribution in [3.05, 3.63) is 17.2 Å². The van der Waals surface area contributed by atoms with E-state index in [1.165, 1.54) is 6.42 Å². The molecular formula is C17H22ClN3O4. The number of ether oxygens (including phenoxy) is 2. The minimum atomic E-state index is -0.237. The fraction of sp³-hybridized carbons (Fsp3) is 0.529. The Hall–Kier alpha value is -2.15. The number of anilines is 1. The molecule has 1 heterocycles. The third-order valence-electron chi connectivity index (χ3n) is 4.31. The Balaban J connectivity index is 1.40. The average Bonchev–Trinajstić information content (AvgIpc) is 3.03. The zero-order valence-electron chi connectivity index (χ0n) is 13.9. The van der Waals surface area contributed by atoms with Crippen LogP contribution < -0.4 is 25.4 Å². The molecule has 1 aliphatic carbocycles. The van der Waals surface area contributed by atoms with Crippen LogP contribution in [0.5, 0.6) is 11.5 Å². The summed E-state index contributed by atoms with van der Waals surface area (Å²) in [6.45, 7) is 0.398. The molecule has 0 bridgehead atoms. The molecule has 1 aromatic rings. The van der Waals surface area contributed by atoms with Crippen molar-refractivity contribution >= 4 is 29.2 Å². The van der Waals surface area contributed by atoms with Crippen molar-refractivity contribution in [2.24, 2.45) is 0 Å². The number of hydrogen-bond acceptors (Lipinski definition) is 4. The van der Waals surface area contributed by atoms with Crippen molar-refractivity contribution in [2.45, 2.75) is 44.6 Å². The molecule has 0 atom stereocenters. The van der Waals surface area contributed by atoms with E-state index in [0.29, 0.717) is 22.2 Å². The number of carbonyl (C=O) groups is 2. The van der Waals surface area contributed by atoms with Gasteiger partial charge < -0.3 is 25.4 Å². The van der Waals surface area contributed by atoms with E-state index < -0.39 is 0 Å². The van der Waals surface area contributed by atoms with Gasteiger partial charge in [-0.05, 0) is 12.8 Å². The number of rotatable bonds is 5. The Morgan fingerprint density at radius 1 is 1.12 bits per heavy atom. The van der Waals surface area contributed by atoms with Crippen molar-refractivity contribution in [3.8, 4) is 11.5 Å². The van der Waals surface area contributed by atoms with Gasteiger partial charge in [-0.3, -0.25) is 4.79 Å². The molecule has 8 heteroatoms. The fourth-order valence-corrected chi connectivity index (χ4v) is 3.20. The SMILES string of the molecule is O=C(CCNC(=O)NC1CCCCC1)Nc1cc2c(cc1Cl)OCO2. The normalized spacial score (nSPS) is 16.4. The molecular weight excluding hydrogens is 346 g/mol. The molecule has 136 valence electrons. The topological polar surface area (TPSA) is 88.7 Å². The summed E-state index contributed by atoms with van der Waals surface area (Å²) in [5.74, 6) is 0.868. The summed E-state index contributed by atoms with van der Waals surface area (Å²) in [6, 6.07) is 3.26. The van der Waals surface area contributed by atoms with Crippen molar-refractivity contribution in [3.63, 3.8) is 0 Å². The zero-order valence-corrected chi connectivity index (χ0v) is 14.7. The highest BCUT2D eigenvalue weighted by Gasteiger charge is 2.18. The van der Waals surface area contributed by atoms with Crippen LogP contribution in [0.1, 0.15) is 38.5 Å². The maximum Gasteiger partial charge on any atom is 0.315 e. The van der Waals surface area contributed by atoms with Crippen LogP contribution in [0.4, 0.5) is 10.5 Å². The van der Waals surface area contributed by atoms with Gasteiger partial charge in [0.05, 0.1) is 10.7 Å². The molecule has 0 aromatic heterocycles. The molecule has 3 rings (SSSR count). The predicted octanol–water partition coefficient (Wildman–Crippen LogP) is 3.03. The van der Waals surface area contributed by atoms with Gasteiger partial charge in [0.2, 0.25) is 12.7 Å². The largest absolute Gasteiger partial charge is 0.454 e. The van der Waals surface area contributed by atoms with Gasteiger partial charge in [0, 0.05) is 31.1 Å². The number of fused-ring (bicyclic) bond motifs is 1. The lowest BCUT2D eigenvalue weighted by molar-refractivity contribution is -0.116. The lowest BCUT2D eigenvalue weighted by Gasteiger charge is -2.22. The van der Waals surface area contributed by atoms with Gasteiger partial charge in [-0.25, -0.2) is 4.79 Å². The maximum absolute atomic E-state index is 12.0.